The number of nitrogens with two attached hydrogens (primary N) is 1. The van der Waals surface area contributed by atoms with Gasteiger partial charge < -0.3 is 10.5 Å². The fraction of sp³-hybridized carbons (Fsp3) is 0.500. The van der Waals surface area contributed by atoms with Crippen LogP contribution in [-0.2, 0) is 0 Å². The summed E-state index contributed by atoms with van der Waals surface area (Å²) < 4.78 is 41.2. The van der Waals surface area contributed by atoms with E-state index in [1.165, 1.54) is 0 Å². The fourth-order valence-corrected chi connectivity index (χ4v) is 1.62. The molecule has 0 aliphatic heterocycles. The van der Waals surface area contributed by atoms with Crippen LogP contribution in [0, 0.1) is 6.92 Å². The largest absolute Gasteiger partial charge is 0.496 e. The maximum atomic E-state index is 12.1. The molecular weight excluding hydrogens is 231 g/mol. The molecule has 0 fully saturated rings. The molecule has 0 spiro atoms. The molecule has 96 valence electrons. The second kappa shape index (κ2) is 5.40. The van der Waals surface area contributed by atoms with Gasteiger partial charge in [-0.05, 0) is 30.5 Å². The quantitative estimate of drug-likeness (QED) is 0.885. The van der Waals surface area contributed by atoms with Gasteiger partial charge in [0.05, 0.1) is 7.11 Å². The Hall–Kier alpha value is -1.23. The van der Waals surface area contributed by atoms with Gasteiger partial charge in [0, 0.05) is 12.5 Å². The molecule has 0 bridgehead atoms. The lowest BCUT2D eigenvalue weighted by Crippen LogP contribution is -2.15. The third kappa shape index (κ3) is 4.26. The van der Waals surface area contributed by atoms with Gasteiger partial charge in [0.15, 0.2) is 0 Å². The van der Waals surface area contributed by atoms with E-state index in [2.05, 4.69) is 0 Å². The van der Waals surface area contributed by atoms with Crippen molar-refractivity contribution in [2.75, 3.05) is 7.11 Å². The average Bonchev–Trinajstić information content (AvgIpc) is 2.24. The minimum absolute atomic E-state index is 0.102. The number of alkyl halides is 3. The first kappa shape index (κ1) is 13.8. The number of rotatable bonds is 4. The monoisotopic (exact) mass is 247 g/mol. The van der Waals surface area contributed by atoms with Crippen molar-refractivity contribution in [1.82, 2.24) is 0 Å². The van der Waals surface area contributed by atoms with Crippen LogP contribution in [-0.4, -0.2) is 13.3 Å². The molecule has 1 aromatic rings. The Morgan fingerprint density at radius 2 is 2.00 bits per heavy atom. The van der Waals surface area contributed by atoms with Crippen molar-refractivity contribution < 1.29 is 17.9 Å². The van der Waals surface area contributed by atoms with Gasteiger partial charge in [-0.1, -0.05) is 12.1 Å². The third-order valence-corrected chi connectivity index (χ3v) is 2.59. The minimum Gasteiger partial charge on any atom is -0.496 e. The summed E-state index contributed by atoms with van der Waals surface area (Å²) in [5.74, 6) is 0.705. The van der Waals surface area contributed by atoms with Crippen LogP contribution < -0.4 is 10.5 Å². The molecule has 2 N–H and O–H groups in total. The zero-order valence-electron chi connectivity index (χ0n) is 9.84. The van der Waals surface area contributed by atoms with E-state index in [4.69, 9.17) is 10.5 Å². The Kier molecular flexibility index (Phi) is 4.40. The van der Waals surface area contributed by atoms with Crippen LogP contribution in [0.5, 0.6) is 5.75 Å². The first-order valence-corrected chi connectivity index (χ1v) is 5.30. The fourth-order valence-electron chi connectivity index (χ4n) is 1.62. The number of hydrogen-bond acceptors (Lipinski definition) is 2. The molecule has 5 heteroatoms. The van der Waals surface area contributed by atoms with E-state index < -0.39 is 18.6 Å². The number of benzene rings is 1. The van der Waals surface area contributed by atoms with Crippen LogP contribution in [0.2, 0.25) is 0 Å². The maximum Gasteiger partial charge on any atom is 0.389 e. The van der Waals surface area contributed by atoms with Crippen LogP contribution in [0.25, 0.3) is 0 Å². The van der Waals surface area contributed by atoms with Crippen LogP contribution in [0.4, 0.5) is 13.2 Å². The SMILES string of the molecule is COc1ccc([C@H](N)CCC(F)(F)F)cc1C. The summed E-state index contributed by atoms with van der Waals surface area (Å²) in [4.78, 5) is 0. The van der Waals surface area contributed by atoms with Gasteiger partial charge in [-0.25, -0.2) is 0 Å². The minimum atomic E-state index is -4.15. The van der Waals surface area contributed by atoms with E-state index in [0.717, 1.165) is 5.56 Å². The maximum absolute atomic E-state index is 12.1. The first-order valence-electron chi connectivity index (χ1n) is 5.30. The number of methoxy groups -OCH3 is 1. The number of halogens is 3. The van der Waals surface area contributed by atoms with Crippen molar-refractivity contribution in [1.29, 1.82) is 0 Å². The van der Waals surface area contributed by atoms with Crippen LogP contribution in [0.15, 0.2) is 18.2 Å². The summed E-state index contributed by atoms with van der Waals surface area (Å²) in [5.41, 5.74) is 7.29. The van der Waals surface area contributed by atoms with Gasteiger partial charge in [-0.15, -0.1) is 0 Å². The highest BCUT2D eigenvalue weighted by atomic mass is 19.4. The predicted molar refractivity (Wildman–Crippen MR) is 59.9 cm³/mol. The Morgan fingerprint density at radius 1 is 1.35 bits per heavy atom. The Bertz CT molecular complexity index is 377. The van der Waals surface area contributed by atoms with E-state index in [1.807, 2.05) is 6.92 Å². The van der Waals surface area contributed by atoms with E-state index >= 15 is 0 Å². The normalized spacial score (nSPS) is 13.5. The van der Waals surface area contributed by atoms with Gasteiger partial charge in [0.2, 0.25) is 0 Å². The highest BCUT2D eigenvalue weighted by molar-refractivity contribution is 5.37. The van der Waals surface area contributed by atoms with Gasteiger partial charge in [-0.3, -0.25) is 0 Å². The summed E-state index contributed by atoms with van der Waals surface area (Å²) in [6.45, 7) is 1.83. The zero-order chi connectivity index (χ0) is 13.1. The highest BCUT2D eigenvalue weighted by Crippen LogP contribution is 2.28. The summed E-state index contributed by atoms with van der Waals surface area (Å²) in [6.07, 6.45) is -5.12. The van der Waals surface area contributed by atoms with Crippen LogP contribution >= 0.6 is 0 Å². The van der Waals surface area contributed by atoms with Crippen molar-refractivity contribution in [2.45, 2.75) is 32.0 Å². The van der Waals surface area contributed by atoms with Gasteiger partial charge in [-0.2, -0.15) is 13.2 Å². The first-order chi connectivity index (χ1) is 7.83. The molecule has 0 amide bonds. The van der Waals surface area contributed by atoms with Crippen molar-refractivity contribution in [3.05, 3.63) is 29.3 Å². The van der Waals surface area contributed by atoms with E-state index in [0.29, 0.717) is 11.3 Å². The molecule has 1 aromatic carbocycles. The molecule has 0 aliphatic carbocycles. The number of hydrogen-bond donors (Lipinski definition) is 1. The highest BCUT2D eigenvalue weighted by Gasteiger charge is 2.27. The van der Waals surface area contributed by atoms with Crippen molar-refractivity contribution in [3.63, 3.8) is 0 Å². The molecule has 0 aliphatic rings. The second-order valence-electron chi connectivity index (χ2n) is 3.99. The van der Waals surface area contributed by atoms with Crippen LogP contribution in [0.1, 0.15) is 30.0 Å². The lowest BCUT2D eigenvalue weighted by molar-refractivity contribution is -0.136. The predicted octanol–water partition coefficient (Wildman–Crippen LogP) is 3.35. The molecule has 1 atom stereocenters. The molecule has 0 saturated heterocycles. The van der Waals surface area contributed by atoms with E-state index in [1.54, 1.807) is 25.3 Å². The second-order valence-corrected chi connectivity index (χ2v) is 3.99. The Morgan fingerprint density at radius 3 is 2.47 bits per heavy atom. The van der Waals surface area contributed by atoms with Crippen molar-refractivity contribution in [2.24, 2.45) is 5.73 Å². The van der Waals surface area contributed by atoms with Crippen molar-refractivity contribution in [3.8, 4) is 5.75 Å². The molecule has 0 saturated carbocycles. The zero-order valence-corrected chi connectivity index (χ0v) is 9.84. The standard InChI is InChI=1S/C12H16F3NO/c1-8-7-9(3-4-11(8)17-2)10(16)5-6-12(13,14)15/h3-4,7,10H,5-6,16H2,1-2H3/t10-/m1/s1. The molecule has 0 heterocycles. The molecule has 17 heavy (non-hydrogen) atoms. The molecule has 0 unspecified atom stereocenters. The summed E-state index contributed by atoms with van der Waals surface area (Å²) in [5, 5.41) is 0. The smallest absolute Gasteiger partial charge is 0.389 e. The van der Waals surface area contributed by atoms with E-state index in [9.17, 15) is 13.2 Å². The number of ether oxygens (including phenoxy) is 1. The summed E-state index contributed by atoms with van der Waals surface area (Å²) in [7, 11) is 1.55. The molecular formula is C12H16F3NO. The van der Waals surface area contributed by atoms with Gasteiger partial charge >= 0.3 is 6.18 Å². The molecule has 0 radical (unpaired) electrons. The Labute approximate surface area is 98.6 Å². The lowest BCUT2D eigenvalue weighted by Gasteiger charge is -2.15. The lowest BCUT2D eigenvalue weighted by atomic mass is 10.0. The molecule has 1 rings (SSSR count). The molecule has 2 nitrogen and oxygen atoms in total. The number of aryl methyl sites for hydroxylation is 1. The summed E-state index contributed by atoms with van der Waals surface area (Å²) >= 11 is 0. The average molecular weight is 247 g/mol. The van der Waals surface area contributed by atoms with Crippen molar-refractivity contribution >= 4 is 0 Å². The van der Waals surface area contributed by atoms with Crippen LogP contribution in [0.3, 0.4) is 0 Å². The Balaban J connectivity index is 2.69. The summed E-state index contributed by atoms with van der Waals surface area (Å²) in [6, 6.07) is 4.59. The van der Waals surface area contributed by atoms with Gasteiger partial charge in [0.1, 0.15) is 5.75 Å². The van der Waals surface area contributed by atoms with E-state index in [-0.39, 0.29) is 6.42 Å². The topological polar surface area (TPSA) is 35.2 Å². The molecule has 0 aromatic heterocycles. The third-order valence-electron chi connectivity index (χ3n) is 2.59. The van der Waals surface area contributed by atoms with Gasteiger partial charge in [0.25, 0.3) is 0 Å².